The summed E-state index contributed by atoms with van der Waals surface area (Å²) in [5.41, 5.74) is 7.63. The van der Waals surface area contributed by atoms with Gasteiger partial charge in [-0.15, -0.1) is 0 Å². The molecule has 6 nitrogen and oxygen atoms in total. The molecule has 8 heteroatoms. The highest BCUT2D eigenvalue weighted by Gasteiger charge is 2.39. The van der Waals surface area contributed by atoms with Crippen LogP contribution in [0.25, 0.3) is 11.1 Å². The Kier molecular flexibility index (Phi) is 8.80. The fourth-order valence-corrected chi connectivity index (χ4v) is 5.18. The van der Waals surface area contributed by atoms with Crippen molar-refractivity contribution in [1.82, 2.24) is 9.55 Å². The van der Waals surface area contributed by atoms with E-state index < -0.39 is 14.2 Å². The highest BCUT2D eigenvalue weighted by Crippen LogP contribution is 2.38. The van der Waals surface area contributed by atoms with Gasteiger partial charge in [0.1, 0.15) is 11.4 Å². The summed E-state index contributed by atoms with van der Waals surface area (Å²) >= 11 is 6.36. The second-order valence-corrected chi connectivity index (χ2v) is 15.5. The van der Waals surface area contributed by atoms with Crippen LogP contribution in [0, 0.1) is 0 Å². The maximum atomic E-state index is 11.4. The van der Waals surface area contributed by atoms with Gasteiger partial charge in [0.25, 0.3) is 5.91 Å². The number of imidazole rings is 1. The summed E-state index contributed by atoms with van der Waals surface area (Å²) in [5.74, 6) is 0.281. The second-order valence-electron chi connectivity index (χ2n) is 10.3. The summed E-state index contributed by atoms with van der Waals surface area (Å²) in [4.78, 5) is 15.5. The molecule has 1 amide bonds. The number of halogens is 1. The van der Waals surface area contributed by atoms with E-state index in [0.29, 0.717) is 18.2 Å². The molecule has 3 rings (SSSR count). The molecule has 1 atom stereocenters. The molecule has 3 aromatic rings. The Morgan fingerprint density at radius 2 is 1.91 bits per heavy atom. The fraction of sp³-hybridized carbons (Fsp3) is 0.407. The zero-order valence-corrected chi connectivity index (χ0v) is 23.0. The minimum Gasteiger partial charge on any atom is -0.494 e. The lowest BCUT2D eigenvalue weighted by Crippen LogP contribution is -2.45. The van der Waals surface area contributed by atoms with E-state index in [1.807, 2.05) is 53.1 Å². The van der Waals surface area contributed by atoms with Crippen LogP contribution in [-0.4, -0.2) is 36.5 Å². The standard InChI is InChI=1S/C27H36ClN3O3Si/c1-27(2,3)35(4,5)34-22(17-31-18-25(26(29)32)30-19-31)12-9-15-33-21-11-8-10-20(16-21)23-13-6-7-14-24(23)28/h6-8,10-11,13-14,16,18-19,22H,9,12,15,17H2,1-5H3,(H2,29,32)/t22-/m0/s1. The van der Waals surface area contributed by atoms with Gasteiger partial charge in [0.2, 0.25) is 0 Å². The lowest BCUT2D eigenvalue weighted by atomic mass is 10.1. The molecule has 2 N–H and O–H groups in total. The molecule has 0 aliphatic carbocycles. The second kappa shape index (κ2) is 11.4. The van der Waals surface area contributed by atoms with E-state index in [9.17, 15) is 4.79 Å². The van der Waals surface area contributed by atoms with E-state index in [-0.39, 0.29) is 16.8 Å². The smallest absolute Gasteiger partial charge is 0.268 e. The third-order valence-corrected chi connectivity index (χ3v) is 11.4. The van der Waals surface area contributed by atoms with Crippen LogP contribution >= 0.6 is 11.6 Å². The largest absolute Gasteiger partial charge is 0.494 e. The Labute approximate surface area is 214 Å². The number of rotatable bonds is 11. The number of primary amides is 1. The van der Waals surface area contributed by atoms with Crippen molar-refractivity contribution in [3.8, 4) is 16.9 Å². The SMILES string of the molecule is CC(C)(C)[Si](C)(C)O[C@@H](CCCOc1cccc(-c2ccccc2Cl)c1)Cn1cnc(C(N)=O)c1. The van der Waals surface area contributed by atoms with Crippen LogP contribution in [-0.2, 0) is 11.0 Å². The monoisotopic (exact) mass is 513 g/mol. The minimum atomic E-state index is -1.99. The van der Waals surface area contributed by atoms with E-state index in [0.717, 1.165) is 29.7 Å². The molecule has 0 spiro atoms. The van der Waals surface area contributed by atoms with Crippen molar-refractivity contribution in [2.45, 2.75) is 64.4 Å². The predicted molar refractivity (Wildman–Crippen MR) is 144 cm³/mol. The molecule has 0 fully saturated rings. The van der Waals surface area contributed by atoms with E-state index in [1.165, 1.54) is 0 Å². The zero-order chi connectivity index (χ0) is 25.6. The van der Waals surface area contributed by atoms with Crippen LogP contribution in [0.1, 0.15) is 44.1 Å². The lowest BCUT2D eigenvalue weighted by molar-refractivity contribution is 0.0995. The highest BCUT2D eigenvalue weighted by molar-refractivity contribution is 6.74. The Hall–Kier alpha value is -2.61. The van der Waals surface area contributed by atoms with Crippen molar-refractivity contribution in [1.29, 1.82) is 0 Å². The van der Waals surface area contributed by atoms with Crippen LogP contribution < -0.4 is 10.5 Å². The first-order valence-electron chi connectivity index (χ1n) is 11.9. The maximum absolute atomic E-state index is 11.4. The number of aromatic nitrogens is 2. The van der Waals surface area contributed by atoms with Gasteiger partial charge in [0.05, 0.1) is 19.0 Å². The van der Waals surface area contributed by atoms with Crippen LogP contribution in [0.2, 0.25) is 23.2 Å². The Morgan fingerprint density at radius 3 is 2.57 bits per heavy atom. The van der Waals surface area contributed by atoms with Gasteiger partial charge in [-0.2, -0.15) is 0 Å². The average molecular weight is 514 g/mol. The number of carbonyl (C=O) groups excluding carboxylic acids is 1. The molecule has 35 heavy (non-hydrogen) atoms. The Morgan fingerprint density at radius 1 is 1.17 bits per heavy atom. The summed E-state index contributed by atoms with van der Waals surface area (Å²) in [6.45, 7) is 12.4. The van der Waals surface area contributed by atoms with Gasteiger partial charge < -0.3 is 19.5 Å². The molecular weight excluding hydrogens is 478 g/mol. The van der Waals surface area contributed by atoms with Gasteiger partial charge in [0, 0.05) is 23.3 Å². The zero-order valence-electron chi connectivity index (χ0n) is 21.3. The molecule has 188 valence electrons. The number of hydrogen-bond donors (Lipinski definition) is 1. The molecule has 0 radical (unpaired) electrons. The minimum absolute atomic E-state index is 0.0242. The molecule has 2 aromatic carbocycles. The first-order valence-corrected chi connectivity index (χ1v) is 15.2. The number of carbonyl (C=O) groups is 1. The Balaban J connectivity index is 1.63. The number of nitrogens with zero attached hydrogens (tertiary/aromatic N) is 2. The molecule has 0 saturated heterocycles. The van der Waals surface area contributed by atoms with Crippen LogP contribution in [0.15, 0.2) is 61.1 Å². The third kappa shape index (κ3) is 7.43. The van der Waals surface area contributed by atoms with Crippen molar-refractivity contribution in [2.24, 2.45) is 5.73 Å². The normalized spacial score (nSPS) is 13.0. The number of benzene rings is 2. The summed E-state index contributed by atoms with van der Waals surface area (Å²) in [6.07, 6.45) is 4.94. The van der Waals surface area contributed by atoms with Crippen molar-refractivity contribution >= 4 is 25.8 Å². The van der Waals surface area contributed by atoms with Gasteiger partial charge in [-0.05, 0) is 54.7 Å². The first kappa shape index (κ1) is 27.0. The molecule has 1 heterocycles. The van der Waals surface area contributed by atoms with E-state index in [4.69, 9.17) is 26.5 Å². The van der Waals surface area contributed by atoms with Crippen LogP contribution in [0.4, 0.5) is 0 Å². The fourth-order valence-electron chi connectivity index (χ4n) is 3.55. The van der Waals surface area contributed by atoms with E-state index in [1.54, 1.807) is 12.5 Å². The van der Waals surface area contributed by atoms with Crippen LogP contribution in [0.5, 0.6) is 5.75 Å². The van der Waals surface area contributed by atoms with Gasteiger partial charge in [-0.3, -0.25) is 4.79 Å². The maximum Gasteiger partial charge on any atom is 0.268 e. The number of amides is 1. The number of hydrogen-bond acceptors (Lipinski definition) is 4. The van der Waals surface area contributed by atoms with Gasteiger partial charge in [-0.25, -0.2) is 4.98 Å². The molecule has 0 saturated carbocycles. The van der Waals surface area contributed by atoms with Gasteiger partial charge >= 0.3 is 0 Å². The van der Waals surface area contributed by atoms with E-state index >= 15 is 0 Å². The predicted octanol–water partition coefficient (Wildman–Crippen LogP) is 6.55. The van der Waals surface area contributed by atoms with Gasteiger partial charge in [0.15, 0.2) is 8.32 Å². The number of nitrogens with two attached hydrogens (primary N) is 1. The van der Waals surface area contributed by atoms with Gasteiger partial charge in [-0.1, -0.05) is 62.7 Å². The van der Waals surface area contributed by atoms with Crippen LogP contribution in [0.3, 0.4) is 0 Å². The molecule has 0 aliphatic heterocycles. The van der Waals surface area contributed by atoms with Crippen molar-refractivity contribution in [2.75, 3.05) is 6.61 Å². The van der Waals surface area contributed by atoms with Crippen molar-refractivity contribution in [3.63, 3.8) is 0 Å². The summed E-state index contributed by atoms with van der Waals surface area (Å²) < 4.78 is 14.7. The Bertz CT molecular complexity index is 1140. The molecule has 0 bridgehead atoms. The number of ether oxygens (including phenoxy) is 1. The highest BCUT2D eigenvalue weighted by atomic mass is 35.5. The van der Waals surface area contributed by atoms with E-state index in [2.05, 4.69) is 38.8 Å². The molecular formula is C27H36ClN3O3Si. The summed E-state index contributed by atoms with van der Waals surface area (Å²) in [6, 6.07) is 15.8. The quantitative estimate of drug-likeness (QED) is 0.233. The third-order valence-electron chi connectivity index (χ3n) is 6.53. The topological polar surface area (TPSA) is 79.4 Å². The summed E-state index contributed by atoms with van der Waals surface area (Å²) in [5, 5.41) is 0.808. The average Bonchev–Trinajstić information content (AvgIpc) is 3.25. The summed E-state index contributed by atoms with van der Waals surface area (Å²) in [7, 11) is -1.99. The lowest BCUT2D eigenvalue weighted by Gasteiger charge is -2.39. The molecule has 0 unspecified atom stereocenters. The molecule has 0 aliphatic rings. The van der Waals surface area contributed by atoms with Crippen molar-refractivity contribution < 1.29 is 14.0 Å². The molecule has 1 aromatic heterocycles. The van der Waals surface area contributed by atoms with Crippen molar-refractivity contribution in [3.05, 3.63) is 71.8 Å². The first-order chi connectivity index (χ1) is 16.5.